The zero-order chi connectivity index (χ0) is 17.1. The summed E-state index contributed by atoms with van der Waals surface area (Å²) < 4.78 is 5.13. The SMILES string of the molecule is CC(C)C(NC(=O)c1ccco1)C(=O)N1CC[C@@H]2CNC[C@@H]2CC1. The van der Waals surface area contributed by atoms with Crippen molar-refractivity contribution in [2.45, 2.75) is 32.7 Å². The van der Waals surface area contributed by atoms with Crippen molar-refractivity contribution in [2.24, 2.45) is 17.8 Å². The second-order valence-corrected chi connectivity index (χ2v) is 7.25. The van der Waals surface area contributed by atoms with Gasteiger partial charge < -0.3 is 20.0 Å². The fourth-order valence-corrected chi connectivity index (χ4v) is 3.77. The van der Waals surface area contributed by atoms with Crippen molar-refractivity contribution in [3.8, 4) is 0 Å². The van der Waals surface area contributed by atoms with Crippen LogP contribution in [0.2, 0.25) is 0 Å². The minimum absolute atomic E-state index is 0.0258. The van der Waals surface area contributed by atoms with Crippen LogP contribution in [0.3, 0.4) is 0 Å². The highest BCUT2D eigenvalue weighted by atomic mass is 16.3. The molecule has 6 nitrogen and oxygen atoms in total. The predicted octanol–water partition coefficient (Wildman–Crippen LogP) is 1.49. The van der Waals surface area contributed by atoms with Crippen LogP contribution >= 0.6 is 0 Å². The van der Waals surface area contributed by atoms with E-state index in [2.05, 4.69) is 10.6 Å². The van der Waals surface area contributed by atoms with E-state index in [9.17, 15) is 9.59 Å². The number of nitrogens with one attached hydrogen (secondary N) is 2. The predicted molar refractivity (Wildman–Crippen MR) is 90.5 cm³/mol. The van der Waals surface area contributed by atoms with E-state index in [1.54, 1.807) is 12.1 Å². The molecule has 3 rings (SSSR count). The minimum atomic E-state index is -0.515. The van der Waals surface area contributed by atoms with Crippen molar-refractivity contribution < 1.29 is 14.0 Å². The molecule has 0 bridgehead atoms. The molecule has 2 aliphatic heterocycles. The third-order valence-corrected chi connectivity index (χ3v) is 5.30. The molecule has 0 spiro atoms. The van der Waals surface area contributed by atoms with Gasteiger partial charge in [-0.3, -0.25) is 9.59 Å². The number of fused-ring (bicyclic) bond motifs is 1. The summed E-state index contributed by atoms with van der Waals surface area (Å²) in [6.45, 7) is 7.61. The molecule has 6 heteroatoms. The van der Waals surface area contributed by atoms with Gasteiger partial charge in [0.25, 0.3) is 5.91 Å². The molecule has 2 N–H and O–H groups in total. The summed E-state index contributed by atoms with van der Waals surface area (Å²) in [4.78, 5) is 27.2. The van der Waals surface area contributed by atoms with Crippen LogP contribution in [0.4, 0.5) is 0 Å². The molecule has 3 atom stereocenters. The molecule has 0 saturated carbocycles. The molecule has 132 valence electrons. The zero-order valence-electron chi connectivity index (χ0n) is 14.5. The second kappa shape index (κ2) is 7.38. The van der Waals surface area contributed by atoms with Crippen LogP contribution in [-0.2, 0) is 4.79 Å². The molecule has 24 heavy (non-hydrogen) atoms. The molecule has 2 aliphatic rings. The van der Waals surface area contributed by atoms with Gasteiger partial charge in [-0.05, 0) is 55.8 Å². The summed E-state index contributed by atoms with van der Waals surface area (Å²) in [5.41, 5.74) is 0. The van der Waals surface area contributed by atoms with Crippen molar-refractivity contribution in [2.75, 3.05) is 26.2 Å². The van der Waals surface area contributed by atoms with Gasteiger partial charge in [0.2, 0.25) is 5.91 Å². The Balaban J connectivity index is 1.64. The summed E-state index contributed by atoms with van der Waals surface area (Å²) in [5, 5.41) is 6.30. The van der Waals surface area contributed by atoms with E-state index in [1.165, 1.54) is 6.26 Å². The van der Waals surface area contributed by atoms with Crippen LogP contribution in [0.1, 0.15) is 37.2 Å². The number of carbonyl (C=O) groups is 2. The van der Waals surface area contributed by atoms with Crippen LogP contribution in [0.5, 0.6) is 0 Å². The van der Waals surface area contributed by atoms with Gasteiger partial charge in [-0.15, -0.1) is 0 Å². The number of carbonyl (C=O) groups excluding carboxylic acids is 2. The summed E-state index contributed by atoms with van der Waals surface area (Å²) in [7, 11) is 0. The lowest BCUT2D eigenvalue weighted by molar-refractivity contribution is -0.134. The first kappa shape index (κ1) is 17.0. The van der Waals surface area contributed by atoms with Crippen LogP contribution in [0.15, 0.2) is 22.8 Å². The maximum absolute atomic E-state index is 13.0. The summed E-state index contributed by atoms with van der Waals surface area (Å²) in [6, 6.07) is 2.76. The number of furan rings is 1. The van der Waals surface area contributed by atoms with Gasteiger partial charge in [0.15, 0.2) is 5.76 Å². The monoisotopic (exact) mass is 333 g/mol. The molecule has 2 saturated heterocycles. The number of amides is 2. The molecular weight excluding hydrogens is 306 g/mol. The van der Waals surface area contributed by atoms with E-state index < -0.39 is 6.04 Å². The topological polar surface area (TPSA) is 74.6 Å². The first-order chi connectivity index (χ1) is 11.6. The molecule has 2 amide bonds. The lowest BCUT2D eigenvalue weighted by Crippen LogP contribution is -2.51. The third-order valence-electron chi connectivity index (χ3n) is 5.30. The Morgan fingerprint density at radius 2 is 1.92 bits per heavy atom. The van der Waals surface area contributed by atoms with E-state index >= 15 is 0 Å². The van der Waals surface area contributed by atoms with Crippen LogP contribution in [0, 0.1) is 17.8 Å². The Morgan fingerprint density at radius 3 is 2.46 bits per heavy atom. The lowest BCUT2D eigenvalue weighted by atomic mass is 9.92. The van der Waals surface area contributed by atoms with Gasteiger partial charge in [-0.1, -0.05) is 13.8 Å². The normalized spacial score (nSPS) is 25.2. The molecule has 0 aromatic carbocycles. The second-order valence-electron chi connectivity index (χ2n) is 7.25. The Bertz CT molecular complexity index is 556. The van der Waals surface area contributed by atoms with Crippen molar-refractivity contribution >= 4 is 11.8 Å². The van der Waals surface area contributed by atoms with Crippen LogP contribution < -0.4 is 10.6 Å². The summed E-state index contributed by atoms with van der Waals surface area (Å²) in [5.74, 6) is 1.32. The number of nitrogens with zero attached hydrogens (tertiary/aromatic N) is 1. The molecule has 1 aromatic heterocycles. The van der Waals surface area contributed by atoms with Crippen LogP contribution in [0.25, 0.3) is 0 Å². The summed E-state index contributed by atoms with van der Waals surface area (Å²) >= 11 is 0. The smallest absolute Gasteiger partial charge is 0.287 e. The van der Waals surface area contributed by atoms with Gasteiger partial charge in [-0.2, -0.15) is 0 Å². The standard InChI is InChI=1S/C18H27N3O3/c1-12(2)16(20-17(22)15-4-3-9-24-15)18(23)21-7-5-13-10-19-11-14(13)6-8-21/h3-4,9,12-14,16,19H,5-8,10-11H2,1-2H3,(H,20,22)/t13-,14+,16?. The fourth-order valence-electron chi connectivity index (χ4n) is 3.77. The molecule has 2 fully saturated rings. The Kier molecular flexibility index (Phi) is 5.23. The molecule has 1 aromatic rings. The first-order valence-electron chi connectivity index (χ1n) is 8.90. The maximum atomic E-state index is 13.0. The summed E-state index contributed by atoms with van der Waals surface area (Å²) in [6.07, 6.45) is 3.55. The molecule has 0 aliphatic carbocycles. The number of hydrogen-bond donors (Lipinski definition) is 2. The highest BCUT2D eigenvalue weighted by Gasteiger charge is 2.34. The molecule has 1 unspecified atom stereocenters. The maximum Gasteiger partial charge on any atom is 0.287 e. The van der Waals surface area contributed by atoms with E-state index in [0.29, 0.717) is 11.8 Å². The van der Waals surface area contributed by atoms with Gasteiger partial charge in [0.05, 0.1) is 6.26 Å². The van der Waals surface area contributed by atoms with Crippen molar-refractivity contribution in [3.05, 3.63) is 24.2 Å². The quantitative estimate of drug-likeness (QED) is 0.875. The number of rotatable bonds is 4. The van der Waals surface area contributed by atoms with E-state index in [4.69, 9.17) is 4.42 Å². The number of likely N-dealkylation sites (tertiary alicyclic amines) is 1. The molecule has 3 heterocycles. The van der Waals surface area contributed by atoms with Gasteiger partial charge >= 0.3 is 0 Å². The Labute approximate surface area is 143 Å². The molecular formula is C18H27N3O3. The minimum Gasteiger partial charge on any atom is -0.459 e. The number of hydrogen-bond acceptors (Lipinski definition) is 4. The third kappa shape index (κ3) is 3.64. The van der Waals surface area contributed by atoms with Gasteiger partial charge in [0, 0.05) is 13.1 Å². The zero-order valence-corrected chi connectivity index (χ0v) is 14.5. The largest absolute Gasteiger partial charge is 0.459 e. The van der Waals surface area contributed by atoms with Crippen molar-refractivity contribution in [1.82, 2.24) is 15.5 Å². The van der Waals surface area contributed by atoms with Gasteiger partial charge in [-0.25, -0.2) is 0 Å². The Morgan fingerprint density at radius 1 is 1.25 bits per heavy atom. The molecule has 0 radical (unpaired) electrons. The highest BCUT2D eigenvalue weighted by molar-refractivity contribution is 5.95. The van der Waals surface area contributed by atoms with E-state index in [0.717, 1.165) is 39.0 Å². The van der Waals surface area contributed by atoms with E-state index in [1.807, 2.05) is 18.7 Å². The average molecular weight is 333 g/mol. The van der Waals surface area contributed by atoms with Crippen LogP contribution in [-0.4, -0.2) is 48.9 Å². The fraction of sp³-hybridized carbons (Fsp3) is 0.667. The highest BCUT2D eigenvalue weighted by Crippen LogP contribution is 2.27. The first-order valence-corrected chi connectivity index (χ1v) is 8.90. The van der Waals surface area contributed by atoms with Gasteiger partial charge in [0.1, 0.15) is 6.04 Å². The Hall–Kier alpha value is -1.82. The van der Waals surface area contributed by atoms with Crippen molar-refractivity contribution in [1.29, 1.82) is 0 Å². The van der Waals surface area contributed by atoms with E-state index in [-0.39, 0.29) is 23.5 Å². The average Bonchev–Trinajstić information content (AvgIpc) is 3.20. The lowest BCUT2D eigenvalue weighted by Gasteiger charge is -2.29. The van der Waals surface area contributed by atoms with Crippen molar-refractivity contribution in [3.63, 3.8) is 0 Å².